The minimum atomic E-state index is -0.426. The summed E-state index contributed by atoms with van der Waals surface area (Å²) in [4.78, 5) is 14.5. The third-order valence-electron chi connectivity index (χ3n) is 4.74. The Morgan fingerprint density at radius 1 is 1.41 bits per heavy atom. The highest BCUT2D eigenvalue weighted by Gasteiger charge is 2.49. The predicted octanol–water partition coefficient (Wildman–Crippen LogP) is 2.93. The van der Waals surface area contributed by atoms with E-state index in [1.165, 1.54) is 6.42 Å². The van der Waals surface area contributed by atoms with Gasteiger partial charge in [-0.2, -0.15) is 0 Å². The van der Waals surface area contributed by atoms with Gasteiger partial charge in [-0.15, -0.1) is 0 Å². The zero-order chi connectivity index (χ0) is 16.4. The monoisotopic (exact) mass is 312 g/mol. The van der Waals surface area contributed by atoms with Gasteiger partial charge in [0.15, 0.2) is 0 Å². The average molecular weight is 312 g/mol. The minimum Gasteiger partial charge on any atom is -0.444 e. The molecule has 1 spiro atoms. The standard InChI is InChI=1S/C17H32N2O3/c1-13(12-21-5)18-14-7-10-19(15(20)22-16(2,3)4)17(11-14)8-6-9-17/h13-14,18H,6-12H2,1-5H3. The van der Waals surface area contributed by atoms with E-state index in [0.29, 0.717) is 12.1 Å². The molecule has 0 aromatic carbocycles. The van der Waals surface area contributed by atoms with Gasteiger partial charge in [-0.3, -0.25) is 0 Å². The molecule has 1 aliphatic carbocycles. The number of amides is 1. The van der Waals surface area contributed by atoms with E-state index in [4.69, 9.17) is 9.47 Å². The van der Waals surface area contributed by atoms with Gasteiger partial charge in [0, 0.05) is 31.3 Å². The van der Waals surface area contributed by atoms with Crippen LogP contribution in [0.2, 0.25) is 0 Å². The number of rotatable bonds is 4. The molecular formula is C17H32N2O3. The maximum atomic E-state index is 12.5. The maximum absolute atomic E-state index is 12.5. The topological polar surface area (TPSA) is 50.8 Å². The number of nitrogens with zero attached hydrogens (tertiary/aromatic N) is 1. The zero-order valence-corrected chi connectivity index (χ0v) is 14.8. The number of piperidine rings is 1. The summed E-state index contributed by atoms with van der Waals surface area (Å²) in [5.41, 5.74) is -0.408. The van der Waals surface area contributed by atoms with Crippen LogP contribution in [-0.4, -0.2) is 54.5 Å². The molecule has 22 heavy (non-hydrogen) atoms. The number of likely N-dealkylation sites (tertiary alicyclic amines) is 1. The van der Waals surface area contributed by atoms with Crippen molar-refractivity contribution in [1.29, 1.82) is 0 Å². The number of carbonyl (C=O) groups excluding carboxylic acids is 1. The lowest BCUT2D eigenvalue weighted by Gasteiger charge is -2.55. The molecule has 1 heterocycles. The lowest BCUT2D eigenvalue weighted by atomic mass is 9.69. The summed E-state index contributed by atoms with van der Waals surface area (Å²) in [7, 11) is 1.73. The molecule has 0 radical (unpaired) electrons. The van der Waals surface area contributed by atoms with Gasteiger partial charge in [0.2, 0.25) is 0 Å². The van der Waals surface area contributed by atoms with Crippen molar-refractivity contribution in [1.82, 2.24) is 10.2 Å². The second-order valence-electron chi connectivity index (χ2n) is 7.92. The van der Waals surface area contributed by atoms with Crippen LogP contribution in [0.5, 0.6) is 0 Å². The van der Waals surface area contributed by atoms with Crippen LogP contribution >= 0.6 is 0 Å². The van der Waals surface area contributed by atoms with E-state index in [2.05, 4.69) is 12.2 Å². The highest BCUT2D eigenvalue weighted by atomic mass is 16.6. The van der Waals surface area contributed by atoms with Crippen molar-refractivity contribution in [2.45, 2.75) is 83.0 Å². The zero-order valence-electron chi connectivity index (χ0n) is 14.8. The molecule has 0 aromatic heterocycles. The quantitative estimate of drug-likeness (QED) is 0.867. The van der Waals surface area contributed by atoms with E-state index in [1.807, 2.05) is 25.7 Å². The minimum absolute atomic E-state index is 0.0189. The smallest absolute Gasteiger partial charge is 0.410 e. The van der Waals surface area contributed by atoms with Crippen LogP contribution in [0.1, 0.15) is 59.8 Å². The number of ether oxygens (including phenoxy) is 2. The molecule has 5 heteroatoms. The summed E-state index contributed by atoms with van der Waals surface area (Å²) in [5, 5.41) is 3.65. The normalized spacial score (nSPS) is 25.7. The molecule has 5 nitrogen and oxygen atoms in total. The van der Waals surface area contributed by atoms with Crippen LogP contribution < -0.4 is 5.32 Å². The Kier molecular flexibility index (Phi) is 5.38. The molecular weight excluding hydrogens is 280 g/mol. The molecule has 1 saturated carbocycles. The molecule has 1 N–H and O–H groups in total. The molecule has 2 unspecified atom stereocenters. The van der Waals surface area contributed by atoms with Gasteiger partial charge in [0.25, 0.3) is 0 Å². The van der Waals surface area contributed by atoms with Crippen LogP contribution in [-0.2, 0) is 9.47 Å². The third-order valence-corrected chi connectivity index (χ3v) is 4.74. The second-order valence-corrected chi connectivity index (χ2v) is 7.92. The van der Waals surface area contributed by atoms with E-state index in [1.54, 1.807) is 7.11 Å². The summed E-state index contributed by atoms with van der Waals surface area (Å²) in [6.07, 6.45) is 5.27. The highest BCUT2D eigenvalue weighted by Crippen LogP contribution is 2.45. The Bertz CT molecular complexity index is 388. The van der Waals surface area contributed by atoms with Crippen LogP contribution in [0.4, 0.5) is 4.79 Å². The molecule has 128 valence electrons. The molecule has 2 aliphatic rings. The van der Waals surface area contributed by atoms with E-state index < -0.39 is 5.60 Å². The summed E-state index contributed by atoms with van der Waals surface area (Å²) in [5.74, 6) is 0. The van der Waals surface area contributed by atoms with Crippen molar-refractivity contribution in [3.8, 4) is 0 Å². The number of hydrogen-bond acceptors (Lipinski definition) is 4. The van der Waals surface area contributed by atoms with Gasteiger partial charge in [0.1, 0.15) is 5.60 Å². The summed E-state index contributed by atoms with van der Waals surface area (Å²) < 4.78 is 10.8. The first-order valence-electron chi connectivity index (χ1n) is 8.51. The van der Waals surface area contributed by atoms with Gasteiger partial charge in [-0.25, -0.2) is 4.79 Å². The van der Waals surface area contributed by atoms with Crippen molar-refractivity contribution >= 4 is 6.09 Å². The molecule has 2 atom stereocenters. The van der Waals surface area contributed by atoms with Crippen molar-refractivity contribution in [2.75, 3.05) is 20.3 Å². The predicted molar refractivity (Wildman–Crippen MR) is 87.0 cm³/mol. The van der Waals surface area contributed by atoms with Gasteiger partial charge in [-0.05, 0) is 59.8 Å². The Labute approximate surface area is 134 Å². The number of nitrogens with one attached hydrogen (secondary N) is 1. The second kappa shape index (κ2) is 6.75. The summed E-state index contributed by atoms with van der Waals surface area (Å²) in [6.45, 7) is 9.44. The van der Waals surface area contributed by atoms with Gasteiger partial charge in [0.05, 0.1) is 6.61 Å². The Balaban J connectivity index is 1.97. The Morgan fingerprint density at radius 2 is 2.09 bits per heavy atom. The molecule has 1 aliphatic heterocycles. The lowest BCUT2D eigenvalue weighted by molar-refractivity contribution is -0.0505. The SMILES string of the molecule is COCC(C)NC1CCN(C(=O)OC(C)(C)C)C2(CCC2)C1. The first-order valence-corrected chi connectivity index (χ1v) is 8.51. The largest absolute Gasteiger partial charge is 0.444 e. The first-order chi connectivity index (χ1) is 10.3. The van der Waals surface area contributed by atoms with E-state index in [9.17, 15) is 4.79 Å². The first kappa shape index (κ1) is 17.5. The Morgan fingerprint density at radius 3 is 2.59 bits per heavy atom. The fraction of sp³-hybridized carbons (Fsp3) is 0.941. The average Bonchev–Trinajstić information content (AvgIpc) is 2.34. The number of methoxy groups -OCH3 is 1. The fourth-order valence-corrected chi connectivity index (χ4v) is 3.70. The third kappa shape index (κ3) is 4.13. The van der Waals surface area contributed by atoms with Crippen molar-refractivity contribution in [3.63, 3.8) is 0 Å². The van der Waals surface area contributed by atoms with Crippen LogP contribution in [0.3, 0.4) is 0 Å². The lowest BCUT2D eigenvalue weighted by Crippen LogP contribution is -2.64. The van der Waals surface area contributed by atoms with Crippen molar-refractivity contribution < 1.29 is 14.3 Å². The molecule has 2 rings (SSSR count). The van der Waals surface area contributed by atoms with Gasteiger partial charge in [-0.1, -0.05) is 0 Å². The number of carbonyl (C=O) groups is 1. The van der Waals surface area contributed by atoms with Crippen LogP contribution in [0, 0.1) is 0 Å². The van der Waals surface area contributed by atoms with Gasteiger partial charge >= 0.3 is 6.09 Å². The molecule has 1 saturated heterocycles. The molecule has 2 fully saturated rings. The molecule has 0 bridgehead atoms. The molecule has 0 aromatic rings. The highest BCUT2D eigenvalue weighted by molar-refractivity contribution is 5.69. The van der Waals surface area contributed by atoms with E-state index in [-0.39, 0.29) is 11.6 Å². The van der Waals surface area contributed by atoms with Crippen molar-refractivity contribution in [3.05, 3.63) is 0 Å². The van der Waals surface area contributed by atoms with Crippen molar-refractivity contribution in [2.24, 2.45) is 0 Å². The molecule has 1 amide bonds. The maximum Gasteiger partial charge on any atom is 0.410 e. The summed E-state index contributed by atoms with van der Waals surface area (Å²) >= 11 is 0. The fourth-order valence-electron chi connectivity index (χ4n) is 3.70. The van der Waals surface area contributed by atoms with E-state index in [0.717, 1.165) is 38.8 Å². The van der Waals surface area contributed by atoms with E-state index >= 15 is 0 Å². The Hall–Kier alpha value is -0.810. The van der Waals surface area contributed by atoms with Gasteiger partial charge < -0.3 is 19.7 Å². The van der Waals surface area contributed by atoms with Crippen LogP contribution in [0.15, 0.2) is 0 Å². The summed E-state index contributed by atoms with van der Waals surface area (Å²) in [6, 6.07) is 0.810. The van der Waals surface area contributed by atoms with Crippen LogP contribution in [0.25, 0.3) is 0 Å². The number of hydrogen-bond donors (Lipinski definition) is 1.